The fourth-order valence-corrected chi connectivity index (χ4v) is 2.29. The zero-order chi connectivity index (χ0) is 16.9. The number of benzene rings is 1. The van der Waals surface area contributed by atoms with Gasteiger partial charge in [-0.15, -0.1) is 0 Å². The van der Waals surface area contributed by atoms with Crippen molar-refractivity contribution in [2.75, 3.05) is 6.61 Å². The van der Waals surface area contributed by atoms with Gasteiger partial charge in [0, 0.05) is 18.6 Å². The smallest absolute Gasteiger partial charge is 0.303 e. The number of nitrogens with zero attached hydrogens (tertiary/aromatic N) is 1. The third-order valence-electron chi connectivity index (χ3n) is 3.60. The molecule has 0 aromatic heterocycles. The summed E-state index contributed by atoms with van der Waals surface area (Å²) in [7, 11) is 0. The van der Waals surface area contributed by atoms with E-state index in [1.54, 1.807) is 12.1 Å². The van der Waals surface area contributed by atoms with Gasteiger partial charge in [0.05, 0.1) is 11.5 Å². The van der Waals surface area contributed by atoms with Gasteiger partial charge >= 0.3 is 5.97 Å². The maximum absolute atomic E-state index is 10.5. The predicted molar refractivity (Wildman–Crippen MR) is 87.8 cm³/mol. The van der Waals surface area contributed by atoms with E-state index in [1.807, 2.05) is 0 Å². The maximum atomic E-state index is 10.5. The van der Waals surface area contributed by atoms with Crippen molar-refractivity contribution >= 4 is 11.7 Å². The number of carboxylic acid groups (broad SMARTS) is 1. The number of carbonyl (C=O) groups is 1. The average molecular weight is 323 g/mol. The summed E-state index contributed by atoms with van der Waals surface area (Å²) < 4.78 is 5.54. The SMILES string of the molecule is O=C(O)CCCCCCCCCCOc1ccc([N+](=O)[O-])cc1. The second-order valence-electron chi connectivity index (χ2n) is 5.57. The molecule has 0 aliphatic carbocycles. The molecule has 1 aromatic rings. The van der Waals surface area contributed by atoms with E-state index < -0.39 is 10.9 Å². The zero-order valence-electron chi connectivity index (χ0n) is 13.4. The number of aliphatic carboxylic acids is 1. The number of ether oxygens (including phenoxy) is 1. The molecule has 0 aliphatic heterocycles. The van der Waals surface area contributed by atoms with E-state index in [0.717, 1.165) is 44.9 Å². The van der Waals surface area contributed by atoms with E-state index in [2.05, 4.69) is 0 Å². The Morgan fingerprint density at radius 2 is 1.48 bits per heavy atom. The van der Waals surface area contributed by atoms with Crippen molar-refractivity contribution in [2.24, 2.45) is 0 Å². The minimum absolute atomic E-state index is 0.0701. The van der Waals surface area contributed by atoms with Gasteiger partial charge in [0.25, 0.3) is 5.69 Å². The van der Waals surface area contributed by atoms with Crippen LogP contribution in [-0.4, -0.2) is 22.6 Å². The average Bonchev–Trinajstić information content (AvgIpc) is 2.52. The number of hydrogen-bond donors (Lipinski definition) is 1. The maximum Gasteiger partial charge on any atom is 0.303 e. The molecule has 6 nitrogen and oxygen atoms in total. The van der Waals surface area contributed by atoms with E-state index >= 15 is 0 Å². The molecule has 23 heavy (non-hydrogen) atoms. The third kappa shape index (κ3) is 9.50. The number of carboxylic acids is 1. The van der Waals surface area contributed by atoms with Crippen LogP contribution in [0.25, 0.3) is 0 Å². The van der Waals surface area contributed by atoms with Gasteiger partial charge in [-0.1, -0.05) is 38.5 Å². The Morgan fingerprint density at radius 1 is 0.957 bits per heavy atom. The quantitative estimate of drug-likeness (QED) is 0.326. The number of non-ortho nitro benzene ring substituents is 1. The molecule has 0 saturated heterocycles. The Labute approximate surface area is 136 Å². The lowest BCUT2D eigenvalue weighted by Crippen LogP contribution is -1.97. The third-order valence-corrected chi connectivity index (χ3v) is 3.60. The largest absolute Gasteiger partial charge is 0.494 e. The lowest BCUT2D eigenvalue weighted by Gasteiger charge is -2.06. The molecule has 6 heteroatoms. The lowest BCUT2D eigenvalue weighted by atomic mass is 10.1. The van der Waals surface area contributed by atoms with Crippen LogP contribution in [0.4, 0.5) is 5.69 Å². The second kappa shape index (κ2) is 11.5. The normalized spacial score (nSPS) is 10.4. The van der Waals surface area contributed by atoms with Crippen LogP contribution in [0, 0.1) is 10.1 Å². The fourth-order valence-electron chi connectivity index (χ4n) is 2.29. The van der Waals surface area contributed by atoms with Crippen LogP contribution < -0.4 is 4.74 Å². The Bertz CT molecular complexity index is 472. The highest BCUT2D eigenvalue weighted by molar-refractivity contribution is 5.66. The van der Waals surface area contributed by atoms with E-state index in [-0.39, 0.29) is 12.1 Å². The molecule has 0 spiro atoms. The van der Waals surface area contributed by atoms with Crippen LogP contribution >= 0.6 is 0 Å². The first kappa shape index (κ1) is 18.9. The molecule has 1 aromatic carbocycles. The Hall–Kier alpha value is -2.11. The van der Waals surface area contributed by atoms with Gasteiger partial charge in [-0.2, -0.15) is 0 Å². The molecule has 0 aliphatic rings. The van der Waals surface area contributed by atoms with Crippen molar-refractivity contribution in [3.8, 4) is 5.75 Å². The van der Waals surface area contributed by atoms with E-state index in [4.69, 9.17) is 9.84 Å². The highest BCUT2D eigenvalue weighted by atomic mass is 16.6. The molecule has 0 fully saturated rings. The van der Waals surface area contributed by atoms with E-state index in [0.29, 0.717) is 12.4 Å². The zero-order valence-corrected chi connectivity index (χ0v) is 13.4. The Kier molecular flexibility index (Phi) is 9.43. The monoisotopic (exact) mass is 323 g/mol. The number of rotatable bonds is 13. The van der Waals surface area contributed by atoms with Gasteiger partial charge in [-0.3, -0.25) is 14.9 Å². The summed E-state index contributed by atoms with van der Waals surface area (Å²) in [4.78, 5) is 20.4. The summed E-state index contributed by atoms with van der Waals surface area (Å²) >= 11 is 0. The summed E-state index contributed by atoms with van der Waals surface area (Å²) in [6.45, 7) is 0.621. The van der Waals surface area contributed by atoms with Crippen LogP contribution in [0.5, 0.6) is 5.75 Å². The van der Waals surface area contributed by atoms with Gasteiger partial charge in [0.15, 0.2) is 0 Å². The van der Waals surface area contributed by atoms with Crippen molar-refractivity contribution in [2.45, 2.75) is 57.8 Å². The summed E-state index contributed by atoms with van der Waals surface area (Å²) in [6, 6.07) is 6.13. The van der Waals surface area contributed by atoms with Gasteiger partial charge in [0.2, 0.25) is 0 Å². The first-order valence-corrected chi connectivity index (χ1v) is 8.18. The van der Waals surface area contributed by atoms with Crippen LogP contribution in [-0.2, 0) is 4.79 Å². The van der Waals surface area contributed by atoms with Gasteiger partial charge in [-0.25, -0.2) is 0 Å². The van der Waals surface area contributed by atoms with E-state index in [9.17, 15) is 14.9 Å². The molecule has 128 valence electrons. The molecule has 0 atom stereocenters. The summed E-state index contributed by atoms with van der Waals surface area (Å²) in [5.74, 6) is -0.0490. The molecule has 0 amide bonds. The van der Waals surface area contributed by atoms with Crippen molar-refractivity contribution in [3.63, 3.8) is 0 Å². The fraction of sp³-hybridized carbons (Fsp3) is 0.588. The van der Waals surface area contributed by atoms with Crippen molar-refractivity contribution in [1.82, 2.24) is 0 Å². The minimum Gasteiger partial charge on any atom is -0.494 e. The van der Waals surface area contributed by atoms with E-state index in [1.165, 1.54) is 18.6 Å². The molecule has 0 bridgehead atoms. The number of nitro benzene ring substituents is 1. The molecular formula is C17H25NO5. The molecule has 0 saturated carbocycles. The highest BCUT2D eigenvalue weighted by Crippen LogP contribution is 2.17. The highest BCUT2D eigenvalue weighted by Gasteiger charge is 2.04. The number of nitro groups is 1. The number of hydrogen-bond acceptors (Lipinski definition) is 4. The minimum atomic E-state index is -0.710. The molecule has 0 radical (unpaired) electrons. The van der Waals surface area contributed by atoms with Crippen LogP contribution in [0.15, 0.2) is 24.3 Å². The van der Waals surface area contributed by atoms with Gasteiger partial charge < -0.3 is 9.84 Å². The summed E-state index contributed by atoms with van der Waals surface area (Å²) in [6.07, 6.45) is 8.70. The summed E-state index contributed by atoms with van der Waals surface area (Å²) in [5.41, 5.74) is 0.0701. The first-order valence-electron chi connectivity index (χ1n) is 8.18. The van der Waals surface area contributed by atoms with Crippen molar-refractivity contribution in [1.29, 1.82) is 0 Å². The molecule has 0 unspecified atom stereocenters. The number of unbranched alkanes of at least 4 members (excludes halogenated alkanes) is 7. The van der Waals surface area contributed by atoms with Gasteiger partial charge in [-0.05, 0) is 25.0 Å². The first-order chi connectivity index (χ1) is 11.1. The van der Waals surface area contributed by atoms with Crippen molar-refractivity contribution < 1.29 is 19.6 Å². The Balaban J connectivity index is 1.93. The van der Waals surface area contributed by atoms with Crippen LogP contribution in [0.3, 0.4) is 0 Å². The molecule has 0 heterocycles. The van der Waals surface area contributed by atoms with Crippen LogP contribution in [0.1, 0.15) is 57.8 Å². The predicted octanol–water partition coefficient (Wildman–Crippen LogP) is 4.57. The standard InChI is InChI=1S/C17H25NO5/c19-17(20)9-7-5-3-1-2-4-6-8-14-23-16-12-10-15(11-13-16)18(21)22/h10-13H,1-9,14H2,(H,19,20). The van der Waals surface area contributed by atoms with Gasteiger partial charge in [0.1, 0.15) is 5.75 Å². The Morgan fingerprint density at radius 3 is 2.00 bits per heavy atom. The van der Waals surface area contributed by atoms with Crippen molar-refractivity contribution in [3.05, 3.63) is 34.4 Å². The van der Waals surface area contributed by atoms with Crippen LogP contribution in [0.2, 0.25) is 0 Å². The summed E-state index contributed by atoms with van der Waals surface area (Å²) in [5, 5.41) is 19.0. The molecule has 1 rings (SSSR count). The lowest BCUT2D eigenvalue weighted by molar-refractivity contribution is -0.384. The molecule has 1 N–H and O–H groups in total. The second-order valence-corrected chi connectivity index (χ2v) is 5.57. The molecular weight excluding hydrogens is 298 g/mol. The topological polar surface area (TPSA) is 89.7 Å².